The third kappa shape index (κ3) is 6.64. The zero-order chi connectivity index (χ0) is 21.5. The molecule has 3 rings (SSSR count). The molecule has 0 aliphatic carbocycles. The number of benzene rings is 1. The van der Waals surface area contributed by atoms with Crippen molar-refractivity contribution in [2.24, 2.45) is 5.92 Å². The molecular formula is C23H35F2N3O2. The van der Waals surface area contributed by atoms with Gasteiger partial charge in [-0.1, -0.05) is 18.2 Å². The van der Waals surface area contributed by atoms with E-state index in [1.54, 1.807) is 12.1 Å². The van der Waals surface area contributed by atoms with Gasteiger partial charge in [-0.3, -0.25) is 9.69 Å². The van der Waals surface area contributed by atoms with Gasteiger partial charge in [0.2, 0.25) is 5.91 Å². The van der Waals surface area contributed by atoms with E-state index in [0.29, 0.717) is 24.9 Å². The number of para-hydroxylation sites is 1. The van der Waals surface area contributed by atoms with Crippen molar-refractivity contribution in [1.29, 1.82) is 0 Å². The number of halogens is 2. The molecule has 0 radical (unpaired) electrons. The predicted molar refractivity (Wildman–Crippen MR) is 114 cm³/mol. The molecule has 0 N–H and O–H groups in total. The topological polar surface area (TPSA) is 36.0 Å². The normalized spacial score (nSPS) is 21.7. The maximum absolute atomic E-state index is 12.7. The van der Waals surface area contributed by atoms with Gasteiger partial charge in [0.25, 0.3) is 0 Å². The summed E-state index contributed by atoms with van der Waals surface area (Å²) in [6, 6.07) is 7.38. The zero-order valence-electron chi connectivity index (χ0n) is 18.2. The van der Waals surface area contributed by atoms with Crippen LogP contribution in [-0.2, 0) is 11.3 Å². The summed E-state index contributed by atoms with van der Waals surface area (Å²) in [5.41, 5.74) is 0.788. The first-order valence-electron chi connectivity index (χ1n) is 11.1. The highest BCUT2D eigenvalue weighted by atomic mass is 19.3. The number of amides is 1. The largest absolute Gasteiger partial charge is 0.434 e. The predicted octanol–water partition coefficient (Wildman–Crippen LogP) is 3.83. The van der Waals surface area contributed by atoms with Gasteiger partial charge in [0, 0.05) is 38.2 Å². The molecule has 168 valence electrons. The molecule has 0 aromatic heterocycles. The monoisotopic (exact) mass is 423 g/mol. The highest BCUT2D eigenvalue weighted by Gasteiger charge is 2.26. The van der Waals surface area contributed by atoms with Crippen molar-refractivity contribution >= 4 is 5.91 Å². The molecule has 2 aliphatic heterocycles. The lowest BCUT2D eigenvalue weighted by Crippen LogP contribution is -2.44. The van der Waals surface area contributed by atoms with E-state index in [4.69, 9.17) is 0 Å². The molecule has 0 spiro atoms. The molecule has 2 aliphatic rings. The zero-order valence-corrected chi connectivity index (χ0v) is 18.2. The number of rotatable bonds is 8. The molecule has 30 heavy (non-hydrogen) atoms. The first-order valence-corrected chi connectivity index (χ1v) is 11.1. The molecule has 2 fully saturated rings. The first-order chi connectivity index (χ1) is 14.4. The van der Waals surface area contributed by atoms with Crippen LogP contribution in [0.5, 0.6) is 5.75 Å². The van der Waals surface area contributed by atoms with Gasteiger partial charge in [-0.05, 0) is 70.8 Å². The SMILES string of the molecule is CN1CCC(N(C)C(=O)CC[C@H]2CCCN(Cc3ccccc3OC(F)F)C2)CC1. The Morgan fingerprint density at radius 2 is 1.93 bits per heavy atom. The summed E-state index contributed by atoms with van der Waals surface area (Å²) in [6.45, 7) is 1.74. The van der Waals surface area contributed by atoms with Gasteiger partial charge >= 0.3 is 6.61 Å². The Morgan fingerprint density at radius 3 is 2.67 bits per heavy atom. The molecular weight excluding hydrogens is 388 g/mol. The number of carbonyl (C=O) groups excluding carboxylic acids is 1. The maximum Gasteiger partial charge on any atom is 0.387 e. The molecule has 1 aromatic carbocycles. The van der Waals surface area contributed by atoms with E-state index in [9.17, 15) is 13.6 Å². The third-order valence-electron chi connectivity index (χ3n) is 6.58. The maximum atomic E-state index is 12.7. The van der Waals surface area contributed by atoms with E-state index < -0.39 is 6.61 Å². The fourth-order valence-electron chi connectivity index (χ4n) is 4.71. The number of piperidine rings is 2. The van der Waals surface area contributed by atoms with Crippen LogP contribution in [0.25, 0.3) is 0 Å². The van der Waals surface area contributed by atoms with Crippen LogP contribution in [-0.4, -0.2) is 73.5 Å². The fraction of sp³-hybridized carbons (Fsp3) is 0.696. The van der Waals surface area contributed by atoms with Crippen molar-refractivity contribution in [3.63, 3.8) is 0 Å². The molecule has 0 bridgehead atoms. The summed E-state index contributed by atoms with van der Waals surface area (Å²) in [7, 11) is 4.08. The lowest BCUT2D eigenvalue weighted by molar-refractivity contribution is -0.133. The lowest BCUT2D eigenvalue weighted by atomic mass is 9.92. The highest BCUT2D eigenvalue weighted by molar-refractivity contribution is 5.76. The van der Waals surface area contributed by atoms with Crippen LogP contribution < -0.4 is 4.74 Å². The van der Waals surface area contributed by atoms with Crippen molar-refractivity contribution in [2.45, 2.75) is 57.7 Å². The van der Waals surface area contributed by atoms with Gasteiger partial charge in [0.05, 0.1) is 0 Å². The van der Waals surface area contributed by atoms with Crippen LogP contribution in [0, 0.1) is 5.92 Å². The number of nitrogens with zero attached hydrogens (tertiary/aromatic N) is 3. The van der Waals surface area contributed by atoms with Crippen LogP contribution in [0.4, 0.5) is 8.78 Å². The molecule has 1 atom stereocenters. The average Bonchev–Trinajstić information content (AvgIpc) is 2.73. The van der Waals surface area contributed by atoms with Gasteiger partial charge in [-0.15, -0.1) is 0 Å². The smallest absolute Gasteiger partial charge is 0.387 e. The van der Waals surface area contributed by atoms with Gasteiger partial charge in [0.15, 0.2) is 0 Å². The van der Waals surface area contributed by atoms with Crippen molar-refractivity contribution in [1.82, 2.24) is 14.7 Å². The van der Waals surface area contributed by atoms with Crippen molar-refractivity contribution in [3.8, 4) is 5.75 Å². The molecule has 0 unspecified atom stereocenters. The molecule has 0 saturated carbocycles. The molecule has 2 saturated heterocycles. The fourth-order valence-corrected chi connectivity index (χ4v) is 4.71. The van der Waals surface area contributed by atoms with E-state index in [0.717, 1.165) is 63.8 Å². The number of likely N-dealkylation sites (tertiary alicyclic amines) is 2. The van der Waals surface area contributed by atoms with E-state index in [2.05, 4.69) is 21.6 Å². The quantitative estimate of drug-likeness (QED) is 0.637. The van der Waals surface area contributed by atoms with E-state index >= 15 is 0 Å². The Balaban J connectivity index is 1.46. The van der Waals surface area contributed by atoms with Crippen LogP contribution in [0.15, 0.2) is 24.3 Å². The minimum Gasteiger partial charge on any atom is -0.434 e. The minimum absolute atomic E-state index is 0.248. The number of alkyl halides is 2. The summed E-state index contributed by atoms with van der Waals surface area (Å²) in [4.78, 5) is 19.3. The summed E-state index contributed by atoms with van der Waals surface area (Å²) in [5, 5.41) is 0. The molecule has 5 nitrogen and oxygen atoms in total. The van der Waals surface area contributed by atoms with Gasteiger partial charge in [-0.25, -0.2) is 0 Å². The van der Waals surface area contributed by atoms with E-state index in [1.807, 2.05) is 24.1 Å². The highest BCUT2D eigenvalue weighted by Crippen LogP contribution is 2.27. The summed E-state index contributed by atoms with van der Waals surface area (Å²) in [6.07, 6.45) is 5.78. The second-order valence-corrected chi connectivity index (χ2v) is 8.81. The van der Waals surface area contributed by atoms with E-state index in [-0.39, 0.29) is 11.7 Å². The van der Waals surface area contributed by atoms with Crippen LogP contribution in [0.2, 0.25) is 0 Å². The summed E-state index contributed by atoms with van der Waals surface area (Å²) in [5.74, 6) is 0.971. The van der Waals surface area contributed by atoms with E-state index in [1.165, 1.54) is 0 Å². The van der Waals surface area contributed by atoms with Gasteiger partial charge < -0.3 is 14.5 Å². The Hall–Kier alpha value is -1.73. The molecule has 1 aromatic rings. The summed E-state index contributed by atoms with van der Waals surface area (Å²) >= 11 is 0. The second kappa shape index (κ2) is 11.0. The van der Waals surface area contributed by atoms with Crippen LogP contribution in [0.1, 0.15) is 44.1 Å². The molecule has 2 heterocycles. The van der Waals surface area contributed by atoms with Crippen molar-refractivity contribution in [3.05, 3.63) is 29.8 Å². The average molecular weight is 424 g/mol. The third-order valence-corrected chi connectivity index (χ3v) is 6.58. The number of carbonyl (C=O) groups is 1. The lowest BCUT2D eigenvalue weighted by Gasteiger charge is -2.36. The first kappa shape index (κ1) is 22.9. The van der Waals surface area contributed by atoms with Crippen molar-refractivity contribution < 1.29 is 18.3 Å². The van der Waals surface area contributed by atoms with Gasteiger partial charge in [-0.2, -0.15) is 8.78 Å². The van der Waals surface area contributed by atoms with Crippen molar-refractivity contribution in [2.75, 3.05) is 40.3 Å². The summed E-state index contributed by atoms with van der Waals surface area (Å²) < 4.78 is 30.0. The number of hydrogen-bond donors (Lipinski definition) is 0. The second-order valence-electron chi connectivity index (χ2n) is 8.81. The van der Waals surface area contributed by atoms with Crippen LogP contribution in [0.3, 0.4) is 0 Å². The van der Waals surface area contributed by atoms with Crippen LogP contribution >= 0.6 is 0 Å². The Kier molecular flexibility index (Phi) is 8.45. The Labute approximate surface area is 179 Å². The number of hydrogen-bond acceptors (Lipinski definition) is 4. The van der Waals surface area contributed by atoms with Gasteiger partial charge in [0.1, 0.15) is 5.75 Å². The standard InChI is InChI=1S/C23H35F2N3O2/c1-26-14-11-20(12-15-26)27(2)22(29)10-9-18-6-5-13-28(16-18)17-19-7-3-4-8-21(19)30-23(24)25/h3-4,7-8,18,20,23H,5-6,9-17H2,1-2H3/t18-/m1/s1. The number of ether oxygens (including phenoxy) is 1. The molecule has 1 amide bonds. The Bertz CT molecular complexity index is 680. The molecule has 7 heteroatoms. The Morgan fingerprint density at radius 1 is 1.20 bits per heavy atom. The minimum atomic E-state index is -2.81.